The molecule has 2 aromatic rings. The molecule has 1 heterocycles. The van der Waals surface area contributed by atoms with E-state index in [2.05, 4.69) is 0 Å². The number of nitrogen functional groups attached to an aromatic ring is 1. The first kappa shape index (κ1) is 13.7. The first-order chi connectivity index (χ1) is 10.3. The molecule has 0 amide bonds. The number of ether oxygens (including phenoxy) is 1. The first-order valence-electron chi connectivity index (χ1n) is 7.44. The normalized spacial score (nSPS) is 13.1. The fraction of sp³-hybridized carbons (Fsp3) is 0.353. The molecule has 110 valence electrons. The van der Waals surface area contributed by atoms with Gasteiger partial charge in [0.05, 0.1) is 12.3 Å². The molecule has 4 nitrogen and oxygen atoms in total. The van der Waals surface area contributed by atoms with Crippen LogP contribution in [0, 0.1) is 0 Å². The van der Waals surface area contributed by atoms with Crippen LogP contribution in [0.3, 0.4) is 0 Å². The van der Waals surface area contributed by atoms with Gasteiger partial charge < -0.3 is 15.0 Å². The van der Waals surface area contributed by atoms with E-state index in [1.54, 1.807) is 6.07 Å². The third-order valence-corrected chi connectivity index (χ3v) is 3.95. The molecule has 21 heavy (non-hydrogen) atoms. The molecule has 0 saturated heterocycles. The third kappa shape index (κ3) is 2.94. The van der Waals surface area contributed by atoms with Crippen molar-refractivity contribution in [2.24, 2.45) is 0 Å². The molecule has 0 radical (unpaired) electrons. The average Bonchev–Trinajstić information content (AvgIpc) is 2.95. The van der Waals surface area contributed by atoms with E-state index >= 15 is 0 Å². The molecule has 0 unspecified atom stereocenters. The maximum Gasteiger partial charge on any atom is 0.250 e. The second kappa shape index (κ2) is 6.04. The predicted octanol–water partition coefficient (Wildman–Crippen LogP) is 2.39. The number of pyridine rings is 1. The number of fused-ring (bicyclic) bond motifs is 1. The molecular weight excluding hydrogens is 264 g/mol. The summed E-state index contributed by atoms with van der Waals surface area (Å²) in [4.78, 5) is 12.0. The van der Waals surface area contributed by atoms with Gasteiger partial charge in [0, 0.05) is 18.3 Å². The highest BCUT2D eigenvalue weighted by Gasteiger charge is 2.15. The van der Waals surface area contributed by atoms with Gasteiger partial charge in [-0.2, -0.15) is 0 Å². The van der Waals surface area contributed by atoms with Gasteiger partial charge in [-0.25, -0.2) is 0 Å². The minimum atomic E-state index is 0.0925. The number of aromatic nitrogens is 1. The number of nitrogens with two attached hydrogens (primary N) is 1. The number of para-hydroxylation sites is 2. The van der Waals surface area contributed by atoms with E-state index in [0.29, 0.717) is 24.6 Å². The Morgan fingerprint density at radius 3 is 2.86 bits per heavy atom. The molecule has 0 aliphatic heterocycles. The highest BCUT2D eigenvalue weighted by atomic mass is 16.5. The zero-order valence-corrected chi connectivity index (χ0v) is 12.0. The van der Waals surface area contributed by atoms with Crippen LogP contribution in [0.1, 0.15) is 24.1 Å². The summed E-state index contributed by atoms with van der Waals surface area (Å²) in [6, 6.07) is 11.1. The summed E-state index contributed by atoms with van der Waals surface area (Å²) in [6.45, 7) is 1.26. The summed E-state index contributed by atoms with van der Waals surface area (Å²) < 4.78 is 7.58. The van der Waals surface area contributed by atoms with Crippen LogP contribution in [0.2, 0.25) is 0 Å². The van der Waals surface area contributed by atoms with E-state index in [-0.39, 0.29) is 5.56 Å². The largest absolute Gasteiger partial charge is 0.491 e. The Labute approximate surface area is 124 Å². The second-order valence-electron chi connectivity index (χ2n) is 5.39. The second-order valence-corrected chi connectivity index (χ2v) is 5.39. The lowest BCUT2D eigenvalue weighted by Gasteiger charge is -2.13. The van der Waals surface area contributed by atoms with Gasteiger partial charge in [-0.05, 0) is 43.4 Å². The molecule has 0 fully saturated rings. The molecule has 2 N–H and O–H groups in total. The summed E-state index contributed by atoms with van der Waals surface area (Å²) in [5.74, 6) is 0.711. The third-order valence-electron chi connectivity index (χ3n) is 3.95. The lowest BCUT2D eigenvalue weighted by Crippen LogP contribution is -2.23. The van der Waals surface area contributed by atoms with Gasteiger partial charge in [0.1, 0.15) is 5.75 Å². The predicted molar refractivity (Wildman–Crippen MR) is 83.7 cm³/mol. The van der Waals surface area contributed by atoms with Crippen molar-refractivity contribution in [3.05, 3.63) is 58.0 Å². The molecule has 0 bridgehead atoms. The standard InChI is InChI=1S/C17H20N2O2/c18-14-6-1-2-8-16(14)21-12-4-11-19-15-7-3-5-13(15)9-10-17(19)20/h1-2,6,8-10H,3-5,7,11-12,18H2. The fourth-order valence-electron chi connectivity index (χ4n) is 2.90. The van der Waals surface area contributed by atoms with Crippen molar-refractivity contribution in [1.82, 2.24) is 4.57 Å². The highest BCUT2D eigenvalue weighted by Crippen LogP contribution is 2.21. The topological polar surface area (TPSA) is 57.2 Å². The fourth-order valence-corrected chi connectivity index (χ4v) is 2.90. The molecule has 1 aliphatic carbocycles. The maximum atomic E-state index is 12.0. The van der Waals surface area contributed by atoms with Gasteiger partial charge in [0.2, 0.25) is 0 Å². The number of hydrogen-bond acceptors (Lipinski definition) is 3. The zero-order valence-electron chi connectivity index (χ0n) is 12.0. The van der Waals surface area contributed by atoms with Gasteiger partial charge in [-0.3, -0.25) is 4.79 Å². The SMILES string of the molecule is Nc1ccccc1OCCCn1c2c(ccc1=O)CCC2. The zero-order chi connectivity index (χ0) is 14.7. The van der Waals surface area contributed by atoms with Crippen molar-refractivity contribution >= 4 is 5.69 Å². The van der Waals surface area contributed by atoms with Gasteiger partial charge in [-0.1, -0.05) is 18.2 Å². The number of anilines is 1. The van der Waals surface area contributed by atoms with Gasteiger partial charge >= 0.3 is 0 Å². The number of nitrogens with zero attached hydrogens (tertiary/aromatic N) is 1. The van der Waals surface area contributed by atoms with Crippen LogP contribution in [0.25, 0.3) is 0 Å². The van der Waals surface area contributed by atoms with Gasteiger partial charge in [0.25, 0.3) is 5.56 Å². The van der Waals surface area contributed by atoms with Crippen LogP contribution in [-0.2, 0) is 19.4 Å². The number of rotatable bonds is 5. The van der Waals surface area contributed by atoms with Crippen molar-refractivity contribution in [2.45, 2.75) is 32.2 Å². The number of benzene rings is 1. The summed E-state index contributed by atoms with van der Waals surface area (Å²) in [6.07, 6.45) is 4.05. The molecule has 3 rings (SSSR count). The van der Waals surface area contributed by atoms with E-state index in [0.717, 1.165) is 25.7 Å². The molecule has 0 atom stereocenters. The highest BCUT2D eigenvalue weighted by molar-refractivity contribution is 5.51. The van der Waals surface area contributed by atoms with Crippen LogP contribution in [-0.4, -0.2) is 11.2 Å². The lowest BCUT2D eigenvalue weighted by molar-refractivity contribution is 0.301. The average molecular weight is 284 g/mol. The van der Waals surface area contributed by atoms with E-state index in [9.17, 15) is 4.79 Å². The maximum absolute atomic E-state index is 12.0. The van der Waals surface area contributed by atoms with Gasteiger partial charge in [0.15, 0.2) is 0 Å². The molecular formula is C17H20N2O2. The summed E-state index contributed by atoms with van der Waals surface area (Å²) in [5.41, 5.74) is 9.10. The number of hydrogen-bond donors (Lipinski definition) is 1. The van der Waals surface area contributed by atoms with E-state index in [1.807, 2.05) is 34.9 Å². The van der Waals surface area contributed by atoms with Crippen molar-refractivity contribution in [3.8, 4) is 5.75 Å². The Kier molecular flexibility index (Phi) is 3.95. The van der Waals surface area contributed by atoms with E-state index in [1.165, 1.54) is 11.3 Å². The molecule has 1 aromatic carbocycles. The Bertz CT molecular complexity index is 691. The van der Waals surface area contributed by atoms with Crippen molar-refractivity contribution < 1.29 is 4.74 Å². The Morgan fingerprint density at radius 1 is 1.14 bits per heavy atom. The summed E-state index contributed by atoms with van der Waals surface area (Å²) in [7, 11) is 0. The van der Waals surface area contributed by atoms with E-state index in [4.69, 9.17) is 10.5 Å². The molecule has 1 aromatic heterocycles. The van der Waals surface area contributed by atoms with Crippen LogP contribution in [0.15, 0.2) is 41.2 Å². The van der Waals surface area contributed by atoms with E-state index < -0.39 is 0 Å². The molecule has 4 heteroatoms. The molecule has 0 saturated carbocycles. The summed E-state index contributed by atoms with van der Waals surface area (Å²) in [5, 5.41) is 0. The minimum Gasteiger partial charge on any atom is -0.491 e. The monoisotopic (exact) mass is 284 g/mol. The van der Waals surface area contributed by atoms with Crippen LogP contribution in [0.5, 0.6) is 5.75 Å². The lowest BCUT2D eigenvalue weighted by atomic mass is 10.2. The summed E-state index contributed by atoms with van der Waals surface area (Å²) >= 11 is 0. The van der Waals surface area contributed by atoms with Crippen LogP contribution < -0.4 is 16.0 Å². The smallest absolute Gasteiger partial charge is 0.250 e. The van der Waals surface area contributed by atoms with Crippen molar-refractivity contribution in [3.63, 3.8) is 0 Å². The Hall–Kier alpha value is -2.23. The van der Waals surface area contributed by atoms with Gasteiger partial charge in [-0.15, -0.1) is 0 Å². The quantitative estimate of drug-likeness (QED) is 0.677. The van der Waals surface area contributed by atoms with Crippen LogP contribution >= 0.6 is 0 Å². The Morgan fingerprint density at radius 2 is 2.00 bits per heavy atom. The minimum absolute atomic E-state index is 0.0925. The Balaban J connectivity index is 1.61. The van der Waals surface area contributed by atoms with Crippen molar-refractivity contribution in [2.75, 3.05) is 12.3 Å². The van der Waals surface area contributed by atoms with Crippen molar-refractivity contribution in [1.29, 1.82) is 0 Å². The first-order valence-corrected chi connectivity index (χ1v) is 7.44. The molecule has 1 aliphatic rings. The van der Waals surface area contributed by atoms with Crippen LogP contribution in [0.4, 0.5) is 5.69 Å². The number of aryl methyl sites for hydroxylation is 1. The molecule has 0 spiro atoms.